The molecule has 0 bridgehead atoms. The van der Waals surface area contributed by atoms with Gasteiger partial charge in [-0.1, -0.05) is 12.1 Å². The molecule has 1 fully saturated rings. The molecule has 1 amide bonds. The summed E-state index contributed by atoms with van der Waals surface area (Å²) >= 11 is 1.77. The van der Waals surface area contributed by atoms with Crippen LogP contribution in [-0.4, -0.2) is 29.9 Å². The van der Waals surface area contributed by atoms with Gasteiger partial charge in [0.2, 0.25) is 0 Å². The zero-order valence-electron chi connectivity index (χ0n) is 11.3. The van der Waals surface area contributed by atoms with Crippen molar-refractivity contribution >= 4 is 17.7 Å². The van der Waals surface area contributed by atoms with Crippen molar-refractivity contribution in [2.24, 2.45) is 5.92 Å². The Morgan fingerprint density at radius 1 is 1.37 bits per heavy atom. The number of nitrogens with one attached hydrogen (secondary N) is 1. The molecule has 1 aromatic rings. The monoisotopic (exact) mass is 279 g/mol. The lowest BCUT2D eigenvalue weighted by Gasteiger charge is -2.11. The maximum Gasteiger partial charge on any atom is 0.251 e. The Labute approximate surface area is 118 Å². The van der Waals surface area contributed by atoms with Crippen molar-refractivity contribution in [1.29, 1.82) is 0 Å². The van der Waals surface area contributed by atoms with E-state index >= 15 is 0 Å². The number of hydrogen-bond donors (Lipinski definition) is 2. The second-order valence-electron chi connectivity index (χ2n) is 5.17. The molecule has 0 spiro atoms. The van der Waals surface area contributed by atoms with Crippen LogP contribution in [0.2, 0.25) is 0 Å². The lowest BCUT2D eigenvalue weighted by Crippen LogP contribution is -2.28. The Bertz CT molecular complexity index is 419. The number of aliphatic hydroxyl groups excluding tert-OH is 1. The highest BCUT2D eigenvalue weighted by atomic mass is 32.2. The summed E-state index contributed by atoms with van der Waals surface area (Å²) in [6, 6.07) is 7.77. The molecule has 0 aromatic heterocycles. The molecule has 0 aliphatic heterocycles. The predicted molar refractivity (Wildman–Crippen MR) is 79.3 cm³/mol. The van der Waals surface area contributed by atoms with Gasteiger partial charge in [0, 0.05) is 17.9 Å². The van der Waals surface area contributed by atoms with Gasteiger partial charge in [0.25, 0.3) is 5.91 Å². The Kier molecular flexibility index (Phi) is 5.28. The second kappa shape index (κ2) is 6.96. The fourth-order valence-electron chi connectivity index (χ4n) is 2.49. The number of rotatable bonds is 5. The number of aliphatic hydroxyl groups is 1. The molecule has 0 heterocycles. The van der Waals surface area contributed by atoms with Crippen molar-refractivity contribution in [1.82, 2.24) is 5.32 Å². The summed E-state index contributed by atoms with van der Waals surface area (Å²) < 4.78 is 0. The lowest BCUT2D eigenvalue weighted by molar-refractivity contribution is 0.0945. The lowest BCUT2D eigenvalue weighted by atomic mass is 10.1. The molecule has 2 rings (SSSR count). The fraction of sp³-hybridized carbons (Fsp3) is 0.533. The van der Waals surface area contributed by atoms with Crippen LogP contribution in [0.1, 0.15) is 35.2 Å². The summed E-state index contributed by atoms with van der Waals surface area (Å²) in [7, 11) is 0. The van der Waals surface area contributed by atoms with E-state index in [9.17, 15) is 9.90 Å². The van der Waals surface area contributed by atoms with E-state index in [0.717, 1.165) is 25.0 Å². The van der Waals surface area contributed by atoms with Crippen LogP contribution in [0.4, 0.5) is 0 Å². The number of carbonyl (C=O) groups excluding carboxylic acids is 1. The minimum Gasteiger partial charge on any atom is -0.393 e. The number of benzene rings is 1. The van der Waals surface area contributed by atoms with Gasteiger partial charge >= 0.3 is 0 Å². The second-order valence-corrected chi connectivity index (χ2v) is 6.04. The number of hydrogen-bond acceptors (Lipinski definition) is 3. The Morgan fingerprint density at radius 2 is 2.11 bits per heavy atom. The minimum atomic E-state index is -0.173. The Balaban J connectivity index is 1.82. The van der Waals surface area contributed by atoms with Crippen molar-refractivity contribution in [3.8, 4) is 0 Å². The molecule has 0 saturated heterocycles. The third-order valence-electron chi connectivity index (χ3n) is 3.59. The summed E-state index contributed by atoms with van der Waals surface area (Å²) in [5.74, 6) is 1.38. The molecule has 4 heteroatoms. The summed E-state index contributed by atoms with van der Waals surface area (Å²) in [4.78, 5) is 12.0. The highest BCUT2D eigenvalue weighted by Gasteiger charge is 2.23. The van der Waals surface area contributed by atoms with Gasteiger partial charge in [-0.15, -0.1) is 0 Å². The Hall–Kier alpha value is -1.00. The van der Waals surface area contributed by atoms with Crippen LogP contribution in [0.3, 0.4) is 0 Å². The van der Waals surface area contributed by atoms with Gasteiger partial charge in [0.05, 0.1) is 6.10 Å². The highest BCUT2D eigenvalue weighted by molar-refractivity contribution is 7.97. The summed E-state index contributed by atoms with van der Waals surface area (Å²) in [6.45, 7) is 0.669. The van der Waals surface area contributed by atoms with Crippen molar-refractivity contribution in [3.63, 3.8) is 0 Å². The average molecular weight is 279 g/mol. The van der Waals surface area contributed by atoms with Crippen molar-refractivity contribution < 1.29 is 9.90 Å². The normalized spacial score (nSPS) is 22.4. The smallest absolute Gasteiger partial charge is 0.251 e. The third-order valence-corrected chi connectivity index (χ3v) is 4.21. The van der Waals surface area contributed by atoms with Crippen LogP contribution < -0.4 is 5.32 Å². The number of amides is 1. The molecular weight excluding hydrogens is 258 g/mol. The number of thioether (sulfide) groups is 1. The molecule has 2 N–H and O–H groups in total. The van der Waals surface area contributed by atoms with E-state index in [1.165, 1.54) is 5.56 Å². The van der Waals surface area contributed by atoms with Crippen LogP contribution in [0.15, 0.2) is 24.3 Å². The van der Waals surface area contributed by atoms with E-state index in [1.54, 1.807) is 11.8 Å². The van der Waals surface area contributed by atoms with Crippen LogP contribution in [0.25, 0.3) is 0 Å². The maximum absolute atomic E-state index is 12.0. The summed E-state index contributed by atoms with van der Waals surface area (Å²) in [5, 5.41) is 12.4. The topological polar surface area (TPSA) is 49.3 Å². The number of carbonyl (C=O) groups is 1. The molecule has 2 atom stereocenters. The van der Waals surface area contributed by atoms with Crippen molar-refractivity contribution in [2.75, 3.05) is 12.8 Å². The quantitative estimate of drug-likeness (QED) is 0.870. The van der Waals surface area contributed by atoms with Gasteiger partial charge in [-0.25, -0.2) is 0 Å². The summed E-state index contributed by atoms with van der Waals surface area (Å²) in [6.07, 6.45) is 4.58. The highest BCUT2D eigenvalue weighted by Crippen LogP contribution is 2.24. The standard InChI is InChI=1S/C15H21NO2S/c1-19-10-11-2-5-13(6-3-11)15(18)16-9-12-4-7-14(17)8-12/h2-3,5-6,12,14,17H,4,7-10H2,1H3,(H,16,18). The predicted octanol–water partition coefficient (Wildman–Crippen LogP) is 2.44. The summed E-state index contributed by atoms with van der Waals surface area (Å²) in [5.41, 5.74) is 1.95. The third kappa shape index (κ3) is 4.25. The molecule has 1 aromatic carbocycles. The van der Waals surface area contributed by atoms with E-state index in [0.29, 0.717) is 18.0 Å². The Morgan fingerprint density at radius 3 is 2.68 bits per heavy atom. The molecule has 0 radical (unpaired) electrons. The van der Waals surface area contributed by atoms with E-state index in [-0.39, 0.29) is 12.0 Å². The molecule has 19 heavy (non-hydrogen) atoms. The van der Waals surface area contributed by atoms with E-state index in [1.807, 2.05) is 24.3 Å². The van der Waals surface area contributed by atoms with Crippen LogP contribution in [0, 0.1) is 5.92 Å². The van der Waals surface area contributed by atoms with Crippen LogP contribution >= 0.6 is 11.8 Å². The first kappa shape index (κ1) is 14.4. The molecule has 1 saturated carbocycles. The first-order valence-corrected chi connectivity index (χ1v) is 8.12. The molecule has 2 unspecified atom stereocenters. The van der Waals surface area contributed by atoms with Crippen LogP contribution in [0.5, 0.6) is 0 Å². The van der Waals surface area contributed by atoms with Crippen LogP contribution in [-0.2, 0) is 5.75 Å². The maximum atomic E-state index is 12.0. The molecular formula is C15H21NO2S. The van der Waals surface area contributed by atoms with E-state index in [2.05, 4.69) is 11.6 Å². The van der Waals surface area contributed by atoms with E-state index in [4.69, 9.17) is 0 Å². The average Bonchev–Trinajstić information content (AvgIpc) is 2.83. The van der Waals surface area contributed by atoms with Gasteiger partial charge in [0.15, 0.2) is 0 Å². The first-order chi connectivity index (χ1) is 9.19. The molecule has 104 valence electrons. The first-order valence-electron chi connectivity index (χ1n) is 6.73. The molecule has 1 aliphatic rings. The fourth-order valence-corrected chi connectivity index (χ4v) is 3.02. The largest absolute Gasteiger partial charge is 0.393 e. The van der Waals surface area contributed by atoms with Crippen molar-refractivity contribution in [2.45, 2.75) is 31.1 Å². The minimum absolute atomic E-state index is 0.0166. The SMILES string of the molecule is CSCc1ccc(C(=O)NCC2CCC(O)C2)cc1. The van der Waals surface area contributed by atoms with Gasteiger partial charge in [-0.05, 0) is 49.1 Å². The molecule has 1 aliphatic carbocycles. The van der Waals surface area contributed by atoms with Crippen molar-refractivity contribution in [3.05, 3.63) is 35.4 Å². The molecule has 3 nitrogen and oxygen atoms in total. The zero-order valence-corrected chi connectivity index (χ0v) is 12.1. The zero-order chi connectivity index (χ0) is 13.7. The van der Waals surface area contributed by atoms with Gasteiger partial charge in [-0.2, -0.15) is 11.8 Å². The van der Waals surface area contributed by atoms with Gasteiger partial charge in [0.1, 0.15) is 0 Å². The van der Waals surface area contributed by atoms with E-state index < -0.39 is 0 Å². The van der Waals surface area contributed by atoms with Gasteiger partial charge < -0.3 is 10.4 Å². The van der Waals surface area contributed by atoms with Gasteiger partial charge in [-0.3, -0.25) is 4.79 Å².